The van der Waals surface area contributed by atoms with Gasteiger partial charge in [-0.05, 0) is 6.92 Å². The second-order valence-electron chi connectivity index (χ2n) is 3.01. The highest BCUT2D eigenvalue weighted by atomic mass is 79.9. The maximum absolute atomic E-state index is 4.14. The summed E-state index contributed by atoms with van der Waals surface area (Å²) < 4.78 is 2.15. The molecular weight excluding hydrogens is 218 g/mol. The molecule has 12 heavy (non-hydrogen) atoms. The van der Waals surface area contributed by atoms with Gasteiger partial charge in [-0.15, -0.1) is 10.2 Å². The topological polar surface area (TPSA) is 30.7 Å². The summed E-state index contributed by atoms with van der Waals surface area (Å²) in [6.45, 7) is 7.32. The third-order valence-corrected chi connectivity index (χ3v) is 2.31. The van der Waals surface area contributed by atoms with Gasteiger partial charge in [0.05, 0.1) is 5.33 Å². The highest BCUT2D eigenvalue weighted by Crippen LogP contribution is 2.14. The van der Waals surface area contributed by atoms with E-state index in [1.165, 1.54) is 0 Å². The van der Waals surface area contributed by atoms with Crippen molar-refractivity contribution in [3.05, 3.63) is 11.6 Å². The van der Waals surface area contributed by atoms with Gasteiger partial charge in [-0.3, -0.25) is 0 Å². The molecule has 1 heterocycles. The second-order valence-corrected chi connectivity index (χ2v) is 3.57. The average Bonchev–Trinajstić information content (AvgIpc) is 2.46. The molecule has 0 N–H and O–H groups in total. The van der Waals surface area contributed by atoms with Crippen molar-refractivity contribution in [2.75, 3.05) is 0 Å². The molecule has 1 rings (SSSR count). The Kier molecular flexibility index (Phi) is 3.26. The molecule has 0 fully saturated rings. The quantitative estimate of drug-likeness (QED) is 0.748. The van der Waals surface area contributed by atoms with Crippen LogP contribution in [0.5, 0.6) is 0 Å². The molecule has 0 radical (unpaired) electrons. The summed E-state index contributed by atoms with van der Waals surface area (Å²) in [5, 5.41) is 9.01. The van der Waals surface area contributed by atoms with Crippen molar-refractivity contribution in [1.29, 1.82) is 0 Å². The molecule has 1 aromatic heterocycles. The van der Waals surface area contributed by atoms with Crippen LogP contribution in [-0.4, -0.2) is 14.8 Å². The van der Waals surface area contributed by atoms with Crippen molar-refractivity contribution in [2.24, 2.45) is 0 Å². The highest BCUT2D eigenvalue weighted by Gasteiger charge is 2.11. The normalized spacial score (nSPS) is 11.1. The third-order valence-electron chi connectivity index (χ3n) is 1.81. The Hall–Kier alpha value is -0.380. The first-order valence-corrected chi connectivity index (χ1v) is 5.30. The number of nitrogens with zero attached hydrogens (tertiary/aromatic N) is 3. The molecule has 0 spiro atoms. The summed E-state index contributed by atoms with van der Waals surface area (Å²) in [6, 6.07) is 0. The minimum Gasteiger partial charge on any atom is -0.314 e. The maximum atomic E-state index is 4.14. The standard InChI is InChI=1S/C8H14BrN3/c1-4-12-7(5-9)10-11-8(12)6(2)3/h6H,4-5H2,1-3H3. The highest BCUT2D eigenvalue weighted by molar-refractivity contribution is 9.08. The fourth-order valence-corrected chi connectivity index (χ4v) is 1.63. The van der Waals surface area contributed by atoms with E-state index in [9.17, 15) is 0 Å². The van der Waals surface area contributed by atoms with Crippen molar-refractivity contribution in [1.82, 2.24) is 14.8 Å². The van der Waals surface area contributed by atoms with E-state index < -0.39 is 0 Å². The molecular formula is C8H14BrN3. The van der Waals surface area contributed by atoms with Crippen LogP contribution in [-0.2, 0) is 11.9 Å². The zero-order valence-corrected chi connectivity index (χ0v) is 9.30. The van der Waals surface area contributed by atoms with Crippen LogP contribution in [0, 0.1) is 0 Å². The predicted octanol–water partition coefficient (Wildman–Crippen LogP) is 2.32. The van der Waals surface area contributed by atoms with Crippen LogP contribution in [0.1, 0.15) is 38.3 Å². The molecule has 1 aromatic rings. The molecule has 68 valence electrons. The summed E-state index contributed by atoms with van der Waals surface area (Å²) in [5.41, 5.74) is 0. The van der Waals surface area contributed by atoms with Crippen LogP contribution < -0.4 is 0 Å². The van der Waals surface area contributed by atoms with E-state index in [0.29, 0.717) is 5.92 Å². The van der Waals surface area contributed by atoms with Gasteiger partial charge in [-0.1, -0.05) is 29.8 Å². The maximum Gasteiger partial charge on any atom is 0.143 e. The van der Waals surface area contributed by atoms with E-state index in [1.54, 1.807) is 0 Å². The summed E-state index contributed by atoms with van der Waals surface area (Å²) in [4.78, 5) is 0. The van der Waals surface area contributed by atoms with Crippen molar-refractivity contribution in [3.8, 4) is 0 Å². The lowest BCUT2D eigenvalue weighted by Gasteiger charge is -2.07. The molecule has 4 heteroatoms. The van der Waals surface area contributed by atoms with Crippen molar-refractivity contribution < 1.29 is 0 Å². The molecule has 0 saturated heterocycles. The Morgan fingerprint density at radius 3 is 2.50 bits per heavy atom. The van der Waals surface area contributed by atoms with E-state index in [1.807, 2.05) is 0 Å². The van der Waals surface area contributed by atoms with Crippen LogP contribution >= 0.6 is 15.9 Å². The van der Waals surface area contributed by atoms with Crippen molar-refractivity contribution in [3.63, 3.8) is 0 Å². The van der Waals surface area contributed by atoms with Crippen LogP contribution in [0.3, 0.4) is 0 Å². The van der Waals surface area contributed by atoms with Crippen LogP contribution in [0.15, 0.2) is 0 Å². The van der Waals surface area contributed by atoms with Crippen LogP contribution in [0.25, 0.3) is 0 Å². The predicted molar refractivity (Wildman–Crippen MR) is 52.4 cm³/mol. The van der Waals surface area contributed by atoms with Gasteiger partial charge in [0.2, 0.25) is 0 Å². The lowest BCUT2D eigenvalue weighted by atomic mass is 10.2. The molecule has 0 bridgehead atoms. The fourth-order valence-electron chi connectivity index (χ4n) is 1.22. The molecule has 0 atom stereocenters. The van der Waals surface area contributed by atoms with Gasteiger partial charge in [0, 0.05) is 12.5 Å². The number of hydrogen-bond donors (Lipinski definition) is 0. The molecule has 3 nitrogen and oxygen atoms in total. The molecule has 0 unspecified atom stereocenters. The Balaban J connectivity index is 3.05. The zero-order valence-electron chi connectivity index (χ0n) is 7.71. The van der Waals surface area contributed by atoms with E-state index in [2.05, 4.69) is 51.5 Å². The monoisotopic (exact) mass is 231 g/mol. The lowest BCUT2D eigenvalue weighted by Crippen LogP contribution is -2.06. The van der Waals surface area contributed by atoms with Gasteiger partial charge in [-0.25, -0.2) is 0 Å². The minimum absolute atomic E-state index is 0.449. The lowest BCUT2D eigenvalue weighted by molar-refractivity contribution is 0.638. The van der Waals surface area contributed by atoms with E-state index in [-0.39, 0.29) is 0 Å². The Bertz CT molecular complexity index is 255. The summed E-state index contributed by atoms with van der Waals surface area (Å²) in [5.74, 6) is 2.54. The number of hydrogen-bond acceptors (Lipinski definition) is 2. The average molecular weight is 232 g/mol. The first kappa shape index (κ1) is 9.71. The SMILES string of the molecule is CCn1c(CBr)nnc1C(C)C. The van der Waals surface area contributed by atoms with Gasteiger partial charge in [0.1, 0.15) is 11.6 Å². The van der Waals surface area contributed by atoms with Gasteiger partial charge in [0.25, 0.3) is 0 Å². The molecule has 0 aliphatic rings. The van der Waals surface area contributed by atoms with Gasteiger partial charge >= 0.3 is 0 Å². The second kappa shape index (κ2) is 4.03. The van der Waals surface area contributed by atoms with Crippen LogP contribution in [0.2, 0.25) is 0 Å². The van der Waals surface area contributed by atoms with Crippen molar-refractivity contribution >= 4 is 15.9 Å². The molecule has 0 aliphatic carbocycles. The smallest absolute Gasteiger partial charge is 0.143 e. The first-order chi connectivity index (χ1) is 5.70. The number of rotatable bonds is 3. The van der Waals surface area contributed by atoms with E-state index in [0.717, 1.165) is 23.5 Å². The summed E-state index contributed by atoms with van der Waals surface area (Å²) >= 11 is 3.39. The number of aromatic nitrogens is 3. The third kappa shape index (κ3) is 1.68. The number of halogens is 1. The van der Waals surface area contributed by atoms with Gasteiger partial charge in [0.15, 0.2) is 0 Å². The molecule has 0 saturated carbocycles. The minimum atomic E-state index is 0.449. The Morgan fingerprint density at radius 1 is 1.42 bits per heavy atom. The van der Waals surface area contributed by atoms with Crippen LogP contribution in [0.4, 0.5) is 0 Å². The molecule has 0 aromatic carbocycles. The van der Waals surface area contributed by atoms with Gasteiger partial charge in [-0.2, -0.15) is 0 Å². The summed E-state index contributed by atoms with van der Waals surface area (Å²) in [6.07, 6.45) is 0. The zero-order chi connectivity index (χ0) is 9.14. The fraction of sp³-hybridized carbons (Fsp3) is 0.750. The molecule has 0 amide bonds. The Labute approximate surface area is 81.3 Å². The number of alkyl halides is 1. The van der Waals surface area contributed by atoms with Crippen molar-refractivity contribution in [2.45, 2.75) is 38.6 Å². The van der Waals surface area contributed by atoms with Gasteiger partial charge < -0.3 is 4.57 Å². The molecule has 0 aliphatic heterocycles. The van der Waals surface area contributed by atoms with E-state index in [4.69, 9.17) is 0 Å². The summed E-state index contributed by atoms with van der Waals surface area (Å²) in [7, 11) is 0. The first-order valence-electron chi connectivity index (χ1n) is 4.18. The Morgan fingerprint density at radius 2 is 2.08 bits per heavy atom. The van der Waals surface area contributed by atoms with E-state index >= 15 is 0 Å². The largest absolute Gasteiger partial charge is 0.314 e.